The first-order valence-corrected chi connectivity index (χ1v) is 16.3. The highest BCUT2D eigenvalue weighted by molar-refractivity contribution is 6.18. The van der Waals surface area contributed by atoms with E-state index in [4.69, 9.17) is 0 Å². The minimum Gasteiger partial charge on any atom is -0.309 e. The first-order chi connectivity index (χ1) is 23.8. The zero-order valence-electron chi connectivity index (χ0n) is 25.9. The van der Waals surface area contributed by atoms with Gasteiger partial charge in [-0.25, -0.2) is 0 Å². The number of para-hydroxylation sites is 3. The van der Waals surface area contributed by atoms with E-state index in [1.54, 1.807) is 0 Å². The molecule has 0 saturated heterocycles. The molecule has 10 aromatic rings. The molecular weight excluding hydrogens is 583 g/mol. The molecule has 0 aliphatic rings. The predicted molar refractivity (Wildman–Crippen MR) is 200 cm³/mol. The summed E-state index contributed by atoms with van der Waals surface area (Å²) >= 11 is 0. The molecule has 0 atom stereocenters. The monoisotopic (exact) mass is 609 g/mol. The summed E-state index contributed by atoms with van der Waals surface area (Å²) in [5.41, 5.74) is 10.1. The Morgan fingerprint density at radius 2 is 1.04 bits per heavy atom. The maximum absolute atomic E-state index is 9.87. The molecule has 8 aromatic carbocycles. The van der Waals surface area contributed by atoms with Crippen LogP contribution in [0.2, 0.25) is 0 Å². The summed E-state index contributed by atoms with van der Waals surface area (Å²) in [5.74, 6) is 0. The number of hydrogen-bond acceptors (Lipinski definition) is 1. The van der Waals surface area contributed by atoms with Crippen LogP contribution in [-0.4, -0.2) is 9.13 Å². The molecule has 0 aliphatic heterocycles. The van der Waals surface area contributed by atoms with Crippen LogP contribution in [-0.2, 0) is 0 Å². The molecule has 10 rings (SSSR count). The van der Waals surface area contributed by atoms with Crippen molar-refractivity contribution in [1.29, 1.82) is 5.26 Å². The second-order valence-electron chi connectivity index (χ2n) is 12.5. The van der Waals surface area contributed by atoms with Crippen LogP contribution in [0.15, 0.2) is 164 Å². The van der Waals surface area contributed by atoms with E-state index in [1.165, 1.54) is 43.7 Å². The Labute approximate surface area is 276 Å². The number of benzene rings is 8. The van der Waals surface area contributed by atoms with E-state index in [-0.39, 0.29) is 0 Å². The van der Waals surface area contributed by atoms with Gasteiger partial charge in [0.2, 0.25) is 0 Å². The summed E-state index contributed by atoms with van der Waals surface area (Å²) < 4.78 is 4.77. The molecule has 3 nitrogen and oxygen atoms in total. The van der Waals surface area contributed by atoms with Gasteiger partial charge in [0, 0.05) is 38.3 Å². The largest absolute Gasteiger partial charge is 0.309 e. The lowest BCUT2D eigenvalue weighted by Crippen LogP contribution is -1.95. The van der Waals surface area contributed by atoms with E-state index < -0.39 is 0 Å². The molecule has 0 radical (unpaired) electrons. The number of nitriles is 1. The van der Waals surface area contributed by atoms with Crippen LogP contribution < -0.4 is 0 Å². The van der Waals surface area contributed by atoms with E-state index in [0.29, 0.717) is 5.56 Å². The van der Waals surface area contributed by atoms with E-state index in [2.05, 4.69) is 161 Å². The second kappa shape index (κ2) is 10.2. The number of nitrogens with zero attached hydrogens (tertiary/aromatic N) is 3. The van der Waals surface area contributed by atoms with Crippen molar-refractivity contribution in [3.63, 3.8) is 0 Å². The number of hydrogen-bond donors (Lipinski definition) is 0. The Hall–Kier alpha value is -6.63. The first-order valence-electron chi connectivity index (χ1n) is 16.3. The van der Waals surface area contributed by atoms with Gasteiger partial charge in [0.25, 0.3) is 0 Å². The summed E-state index contributed by atoms with van der Waals surface area (Å²) in [6, 6.07) is 60.9. The third-order valence-corrected chi connectivity index (χ3v) is 9.92. The summed E-state index contributed by atoms with van der Waals surface area (Å²) in [7, 11) is 0. The molecule has 3 heteroatoms. The molecule has 0 saturated carbocycles. The molecule has 2 heterocycles. The molecule has 0 N–H and O–H groups in total. The fourth-order valence-corrected chi connectivity index (χ4v) is 7.85. The Balaban J connectivity index is 1.25. The maximum Gasteiger partial charge on any atom is 0.0998 e. The van der Waals surface area contributed by atoms with Gasteiger partial charge >= 0.3 is 0 Å². The van der Waals surface area contributed by atoms with Crippen molar-refractivity contribution in [2.75, 3.05) is 0 Å². The van der Waals surface area contributed by atoms with Gasteiger partial charge in [-0.05, 0) is 81.9 Å². The molecule has 0 amide bonds. The van der Waals surface area contributed by atoms with Gasteiger partial charge in [-0.15, -0.1) is 0 Å². The van der Waals surface area contributed by atoms with E-state index in [9.17, 15) is 5.26 Å². The Kier molecular flexibility index (Phi) is 5.64. The van der Waals surface area contributed by atoms with E-state index in [1.807, 2.05) is 18.2 Å². The summed E-state index contributed by atoms with van der Waals surface area (Å²) in [5, 5.41) is 19.1. The van der Waals surface area contributed by atoms with Crippen molar-refractivity contribution in [2.45, 2.75) is 0 Å². The summed E-state index contributed by atoms with van der Waals surface area (Å²) in [6.45, 7) is 0. The Morgan fingerprint density at radius 3 is 1.85 bits per heavy atom. The van der Waals surface area contributed by atoms with Gasteiger partial charge in [-0.1, -0.05) is 109 Å². The topological polar surface area (TPSA) is 33.6 Å². The normalized spacial score (nSPS) is 11.7. The fraction of sp³-hybridized carbons (Fsp3) is 0. The van der Waals surface area contributed by atoms with E-state index >= 15 is 0 Å². The molecule has 0 bridgehead atoms. The average Bonchev–Trinajstić information content (AvgIpc) is 3.67. The summed E-state index contributed by atoms with van der Waals surface area (Å²) in [6.07, 6.45) is 0. The van der Waals surface area contributed by atoms with Gasteiger partial charge < -0.3 is 9.13 Å². The van der Waals surface area contributed by atoms with Gasteiger partial charge in [-0.2, -0.15) is 5.26 Å². The van der Waals surface area contributed by atoms with Gasteiger partial charge in [0.15, 0.2) is 0 Å². The van der Waals surface area contributed by atoms with Crippen LogP contribution in [0.1, 0.15) is 5.56 Å². The highest BCUT2D eigenvalue weighted by atomic mass is 15.0. The molecule has 2 aromatic heterocycles. The quantitative estimate of drug-likeness (QED) is 0.183. The predicted octanol–water partition coefficient (Wildman–Crippen LogP) is 11.7. The highest BCUT2D eigenvalue weighted by Crippen LogP contribution is 2.41. The lowest BCUT2D eigenvalue weighted by atomic mass is 9.97. The molecule has 0 unspecified atom stereocenters. The van der Waals surface area contributed by atoms with Crippen LogP contribution in [0.4, 0.5) is 0 Å². The van der Waals surface area contributed by atoms with Crippen LogP contribution >= 0.6 is 0 Å². The molecule has 0 fully saturated rings. The smallest absolute Gasteiger partial charge is 0.0998 e. The van der Waals surface area contributed by atoms with Crippen molar-refractivity contribution in [3.8, 4) is 28.6 Å². The fourth-order valence-electron chi connectivity index (χ4n) is 7.85. The van der Waals surface area contributed by atoms with Crippen LogP contribution in [0.3, 0.4) is 0 Å². The Bertz CT molecular complexity index is 2950. The van der Waals surface area contributed by atoms with Gasteiger partial charge in [-0.3, -0.25) is 0 Å². The van der Waals surface area contributed by atoms with Crippen molar-refractivity contribution in [1.82, 2.24) is 9.13 Å². The number of fused-ring (bicyclic) bond motifs is 9. The summed E-state index contributed by atoms with van der Waals surface area (Å²) in [4.78, 5) is 0. The van der Waals surface area contributed by atoms with Gasteiger partial charge in [0.1, 0.15) is 0 Å². The minimum absolute atomic E-state index is 0.704. The molecule has 48 heavy (non-hydrogen) atoms. The van der Waals surface area contributed by atoms with Crippen LogP contribution in [0.5, 0.6) is 0 Å². The maximum atomic E-state index is 9.87. The number of rotatable bonds is 3. The average molecular weight is 610 g/mol. The lowest BCUT2D eigenvalue weighted by Gasteiger charge is -2.12. The highest BCUT2D eigenvalue weighted by Gasteiger charge is 2.19. The van der Waals surface area contributed by atoms with Gasteiger partial charge in [0.05, 0.1) is 33.7 Å². The lowest BCUT2D eigenvalue weighted by molar-refractivity contribution is 1.18. The van der Waals surface area contributed by atoms with Crippen molar-refractivity contribution >= 4 is 65.2 Å². The van der Waals surface area contributed by atoms with E-state index in [0.717, 1.165) is 44.0 Å². The van der Waals surface area contributed by atoms with Crippen LogP contribution in [0.25, 0.3) is 87.7 Å². The first kappa shape index (κ1) is 26.6. The molecule has 0 aliphatic carbocycles. The van der Waals surface area contributed by atoms with Crippen LogP contribution in [0, 0.1) is 11.3 Å². The minimum atomic E-state index is 0.704. The third kappa shape index (κ3) is 3.75. The SMILES string of the molecule is N#Cc1cc2ccc(-n3c4ccccc4c4c(-c5ccc6c7ccccc7n(-c7ccccc7)c6c5)cccc43)cc2c2ccccc12. The second-order valence-corrected chi connectivity index (χ2v) is 12.5. The standard InChI is InChI=1S/C45H27N3/c46-28-31-25-29-21-23-33(27-40(29)36-14-5-4-13-34(31)36)48-42-19-9-7-16-39(42)45-35(17-10-20-43(45)48)30-22-24-38-37-15-6-8-18-41(37)47(44(38)26-30)32-11-2-1-3-12-32/h1-27H. The zero-order valence-corrected chi connectivity index (χ0v) is 25.9. The van der Waals surface area contributed by atoms with Crippen molar-refractivity contribution in [3.05, 3.63) is 169 Å². The molecular formula is C45H27N3. The van der Waals surface area contributed by atoms with Crippen molar-refractivity contribution in [2.24, 2.45) is 0 Å². The van der Waals surface area contributed by atoms with Crippen molar-refractivity contribution < 1.29 is 0 Å². The Morgan fingerprint density at radius 1 is 0.396 bits per heavy atom. The molecule has 222 valence electrons. The third-order valence-electron chi connectivity index (χ3n) is 9.92. The molecule has 0 spiro atoms. The number of aromatic nitrogens is 2. The zero-order chi connectivity index (χ0) is 31.8.